The SMILES string of the molecule is Cc1ccccc1-c1ccc(N(c2ccc3[c](c2)[Ge]2([c]4ccccc4-c4cccc[c]42)[c]2ccccc2-3)c2ccc(-c3ccccc3)cc2C)cc1C. The zero-order chi connectivity index (χ0) is 35.7. The first kappa shape index (κ1) is 31.8. The van der Waals surface area contributed by atoms with E-state index in [9.17, 15) is 0 Å². The Morgan fingerprint density at radius 2 is 0.811 bits per heavy atom. The quantitative estimate of drug-likeness (QED) is 0.159. The summed E-state index contributed by atoms with van der Waals surface area (Å²) in [7, 11) is 0. The second-order valence-electron chi connectivity index (χ2n) is 14.6. The van der Waals surface area contributed by atoms with Crippen LogP contribution in [0.3, 0.4) is 0 Å². The number of anilines is 3. The number of nitrogens with zero attached hydrogens (tertiary/aromatic N) is 1. The fraction of sp³-hybridized carbons (Fsp3) is 0.0588. The van der Waals surface area contributed by atoms with Gasteiger partial charge in [0.1, 0.15) is 0 Å². The van der Waals surface area contributed by atoms with Gasteiger partial charge in [0.15, 0.2) is 0 Å². The van der Waals surface area contributed by atoms with Crippen molar-refractivity contribution in [1.82, 2.24) is 0 Å². The summed E-state index contributed by atoms with van der Waals surface area (Å²) in [4.78, 5) is 2.50. The fourth-order valence-electron chi connectivity index (χ4n) is 9.33. The number of hydrogen-bond acceptors (Lipinski definition) is 1. The van der Waals surface area contributed by atoms with Crippen molar-refractivity contribution in [2.24, 2.45) is 0 Å². The molecule has 0 radical (unpaired) electrons. The van der Waals surface area contributed by atoms with Crippen molar-refractivity contribution in [3.8, 4) is 44.5 Å². The van der Waals surface area contributed by atoms with Crippen LogP contribution in [0.25, 0.3) is 44.5 Å². The number of hydrogen-bond donors (Lipinski definition) is 0. The van der Waals surface area contributed by atoms with E-state index in [2.05, 4.69) is 208 Å². The molecule has 8 aromatic rings. The molecule has 53 heavy (non-hydrogen) atoms. The molecule has 0 aromatic heterocycles. The molecule has 8 aromatic carbocycles. The predicted molar refractivity (Wildman–Crippen MR) is 228 cm³/mol. The van der Waals surface area contributed by atoms with E-state index in [0.717, 1.165) is 0 Å². The molecule has 2 aliphatic rings. The molecular weight excluding hydrogens is 699 g/mol. The van der Waals surface area contributed by atoms with E-state index in [1.54, 1.807) is 13.2 Å². The number of aryl methyl sites for hydroxylation is 3. The van der Waals surface area contributed by atoms with E-state index in [4.69, 9.17) is 0 Å². The van der Waals surface area contributed by atoms with Crippen LogP contribution in [0.4, 0.5) is 17.1 Å². The second kappa shape index (κ2) is 12.4. The van der Waals surface area contributed by atoms with Crippen molar-refractivity contribution >= 4 is 47.9 Å². The van der Waals surface area contributed by atoms with Crippen LogP contribution in [0.1, 0.15) is 16.7 Å². The van der Waals surface area contributed by atoms with Gasteiger partial charge in [-0.05, 0) is 0 Å². The standard InChI is InChI=1S/C51H39GeN/c1-34-15-7-8-18-41(34)42-28-26-39(32-35(42)2)53(51-30-25-38(31-36(51)3)37-16-5-4-6-17-37)40-27-29-46-45-21-11-14-24-49(45)52(50(46)33-40)47-22-12-9-19-43(47)44-20-10-13-23-48(44)52/h4-33H,1-3H3. The number of fused-ring (bicyclic) bond motifs is 10. The number of benzene rings is 8. The third-order valence-electron chi connectivity index (χ3n) is 11.7. The zero-order valence-corrected chi connectivity index (χ0v) is 32.4. The summed E-state index contributed by atoms with van der Waals surface area (Å²) in [5.41, 5.74) is 18.0. The van der Waals surface area contributed by atoms with Gasteiger partial charge < -0.3 is 0 Å². The Morgan fingerprint density at radius 3 is 1.40 bits per heavy atom. The Hall–Kier alpha value is -5.90. The number of rotatable bonds is 5. The first-order valence-electron chi connectivity index (χ1n) is 18.6. The molecule has 0 bridgehead atoms. The second-order valence-corrected chi connectivity index (χ2v) is 22.3. The van der Waals surface area contributed by atoms with Crippen molar-refractivity contribution in [3.63, 3.8) is 0 Å². The van der Waals surface area contributed by atoms with Crippen molar-refractivity contribution in [1.29, 1.82) is 0 Å². The molecule has 252 valence electrons. The molecule has 10 rings (SSSR count). The molecule has 0 unspecified atom stereocenters. The molecule has 2 heterocycles. The third kappa shape index (κ3) is 4.77. The first-order chi connectivity index (χ1) is 26.0. The maximum absolute atomic E-state index is 3.36. The molecule has 0 saturated carbocycles. The van der Waals surface area contributed by atoms with Crippen molar-refractivity contribution < 1.29 is 0 Å². The molecule has 0 atom stereocenters. The van der Waals surface area contributed by atoms with Gasteiger partial charge >= 0.3 is 317 Å². The molecule has 2 aliphatic heterocycles. The monoisotopic (exact) mass is 739 g/mol. The Morgan fingerprint density at radius 1 is 0.321 bits per heavy atom. The summed E-state index contributed by atoms with van der Waals surface area (Å²) in [6, 6.07) is 68.5. The van der Waals surface area contributed by atoms with Gasteiger partial charge in [-0.1, -0.05) is 0 Å². The summed E-state index contributed by atoms with van der Waals surface area (Å²) in [5, 5.41) is 0. The van der Waals surface area contributed by atoms with Crippen molar-refractivity contribution in [2.45, 2.75) is 20.8 Å². The molecule has 0 N–H and O–H groups in total. The predicted octanol–water partition coefficient (Wildman–Crippen LogP) is 10.8. The zero-order valence-electron chi connectivity index (χ0n) is 30.3. The van der Waals surface area contributed by atoms with Crippen LogP contribution in [0.2, 0.25) is 0 Å². The van der Waals surface area contributed by atoms with Gasteiger partial charge in [0.05, 0.1) is 0 Å². The topological polar surface area (TPSA) is 3.24 Å². The Bertz CT molecular complexity index is 2660. The van der Waals surface area contributed by atoms with E-state index >= 15 is 0 Å². The Labute approximate surface area is 315 Å². The van der Waals surface area contributed by atoms with Crippen LogP contribution in [0.5, 0.6) is 0 Å². The summed E-state index contributed by atoms with van der Waals surface area (Å²) in [6.45, 7) is 6.72. The summed E-state index contributed by atoms with van der Waals surface area (Å²) in [6.07, 6.45) is 0. The fourth-order valence-corrected chi connectivity index (χ4v) is 21.1. The van der Waals surface area contributed by atoms with Crippen molar-refractivity contribution in [3.05, 3.63) is 199 Å². The van der Waals surface area contributed by atoms with Gasteiger partial charge in [-0.3, -0.25) is 0 Å². The molecule has 2 heteroatoms. The van der Waals surface area contributed by atoms with E-state index in [1.165, 1.54) is 82.7 Å². The molecule has 0 amide bonds. The molecule has 0 saturated heterocycles. The maximum atomic E-state index is 2.57. The third-order valence-corrected chi connectivity index (χ3v) is 22.1. The molecule has 1 spiro atoms. The minimum absolute atomic E-state index is 1.17. The van der Waals surface area contributed by atoms with Crippen LogP contribution >= 0.6 is 0 Å². The Kier molecular flexibility index (Phi) is 7.42. The van der Waals surface area contributed by atoms with Crippen LogP contribution in [0.15, 0.2) is 182 Å². The first-order valence-corrected chi connectivity index (χ1v) is 22.8. The average Bonchev–Trinajstić information content (AvgIpc) is 3.67. The van der Waals surface area contributed by atoms with E-state index < -0.39 is 13.3 Å². The molecule has 1 nitrogen and oxygen atoms in total. The van der Waals surface area contributed by atoms with E-state index in [0.29, 0.717) is 0 Å². The van der Waals surface area contributed by atoms with Crippen LogP contribution in [0, 0.1) is 20.8 Å². The van der Waals surface area contributed by atoms with Gasteiger partial charge in [0, 0.05) is 0 Å². The van der Waals surface area contributed by atoms with Gasteiger partial charge in [-0.2, -0.15) is 0 Å². The van der Waals surface area contributed by atoms with Crippen LogP contribution < -0.4 is 22.5 Å². The molecule has 0 fully saturated rings. The van der Waals surface area contributed by atoms with Gasteiger partial charge in [-0.25, -0.2) is 0 Å². The summed E-state index contributed by atoms with van der Waals surface area (Å²) >= 11 is -3.36. The van der Waals surface area contributed by atoms with Crippen molar-refractivity contribution in [2.75, 3.05) is 4.90 Å². The summed E-state index contributed by atoms with van der Waals surface area (Å²) in [5.74, 6) is 0. The Balaban J connectivity index is 1.21. The van der Waals surface area contributed by atoms with E-state index in [1.807, 2.05) is 0 Å². The van der Waals surface area contributed by atoms with Crippen LogP contribution in [-0.2, 0) is 0 Å². The van der Waals surface area contributed by atoms with E-state index in [-0.39, 0.29) is 0 Å². The minimum atomic E-state index is -3.36. The van der Waals surface area contributed by atoms with Gasteiger partial charge in [0.25, 0.3) is 0 Å². The van der Waals surface area contributed by atoms with Crippen LogP contribution in [-0.4, -0.2) is 13.3 Å². The van der Waals surface area contributed by atoms with Gasteiger partial charge in [-0.15, -0.1) is 0 Å². The molecular formula is C51H39GeN. The van der Waals surface area contributed by atoms with Gasteiger partial charge in [0.2, 0.25) is 0 Å². The molecule has 0 aliphatic carbocycles. The normalized spacial score (nSPS) is 13.0. The average molecular weight is 738 g/mol. The summed E-state index contributed by atoms with van der Waals surface area (Å²) < 4.78 is 6.17.